The van der Waals surface area contributed by atoms with Crippen molar-refractivity contribution in [3.63, 3.8) is 0 Å². The van der Waals surface area contributed by atoms with Gasteiger partial charge in [0.15, 0.2) is 8.24 Å². The first kappa shape index (κ1) is 13.8. The van der Waals surface area contributed by atoms with Crippen molar-refractivity contribution in [3.8, 4) is 0 Å². The third-order valence-electron chi connectivity index (χ3n) is 2.61. The fourth-order valence-electron chi connectivity index (χ4n) is 1.60. The van der Waals surface area contributed by atoms with Crippen molar-refractivity contribution in [2.75, 3.05) is 14.1 Å². The van der Waals surface area contributed by atoms with Crippen LogP contribution in [0.5, 0.6) is 0 Å². The molecule has 4 heteroatoms. The Labute approximate surface area is 105 Å². The summed E-state index contributed by atoms with van der Waals surface area (Å²) < 4.78 is 2.02. The lowest BCUT2D eigenvalue weighted by Crippen LogP contribution is -2.52. The predicted molar refractivity (Wildman–Crippen MR) is 74.4 cm³/mol. The van der Waals surface area contributed by atoms with Gasteiger partial charge in [-0.1, -0.05) is 50.0 Å². The molecule has 0 radical (unpaired) electrons. The molecule has 0 aliphatic heterocycles. The minimum atomic E-state index is -1.65. The zero-order chi connectivity index (χ0) is 13.1. The average Bonchev–Trinajstić information content (AvgIpc) is 2.24. The Kier molecular flexibility index (Phi) is 4.34. The predicted octanol–water partition coefficient (Wildman–Crippen LogP) is 3.01. The lowest BCUT2D eigenvalue weighted by Gasteiger charge is -2.36. The minimum absolute atomic E-state index is 0.105. The molecular formula is C13H22N2OSi. The first-order valence-electron chi connectivity index (χ1n) is 5.85. The largest absolute Gasteiger partial charge is 0.349 e. The van der Waals surface area contributed by atoms with Crippen molar-refractivity contribution in [1.82, 2.24) is 9.47 Å². The lowest BCUT2D eigenvalue weighted by atomic mass is 10.2. The summed E-state index contributed by atoms with van der Waals surface area (Å²) in [5, 5.41) is 0. The molecule has 0 unspecified atom stereocenters. The number of urea groups is 1. The van der Waals surface area contributed by atoms with E-state index in [1.165, 1.54) is 5.56 Å². The molecule has 0 fully saturated rings. The maximum atomic E-state index is 12.2. The molecule has 3 nitrogen and oxygen atoms in total. The normalized spacial score (nSPS) is 11.1. The standard InChI is InChI=1S/C13H22N2OSi/c1-14(2)13(16)15(17(3,4)5)11-12-9-7-6-8-10-12/h6-10H,11H2,1-5H3. The van der Waals surface area contributed by atoms with Crippen LogP contribution in [0, 0.1) is 0 Å². The fraction of sp³-hybridized carbons (Fsp3) is 0.462. The number of rotatable bonds is 3. The second kappa shape index (κ2) is 5.36. The zero-order valence-electron chi connectivity index (χ0n) is 11.4. The van der Waals surface area contributed by atoms with Crippen molar-refractivity contribution in [1.29, 1.82) is 0 Å². The first-order chi connectivity index (χ1) is 7.82. The quantitative estimate of drug-likeness (QED) is 0.756. The van der Waals surface area contributed by atoms with Crippen LogP contribution in [0.25, 0.3) is 0 Å². The summed E-state index contributed by atoms with van der Waals surface area (Å²) in [5.41, 5.74) is 1.19. The van der Waals surface area contributed by atoms with Crippen molar-refractivity contribution < 1.29 is 4.79 Å². The molecule has 0 heterocycles. The van der Waals surface area contributed by atoms with E-state index in [-0.39, 0.29) is 6.03 Å². The van der Waals surface area contributed by atoms with Crippen LogP contribution in [-0.2, 0) is 6.54 Å². The third-order valence-corrected chi connectivity index (χ3v) is 4.58. The summed E-state index contributed by atoms with van der Waals surface area (Å²) in [6.07, 6.45) is 0. The van der Waals surface area contributed by atoms with E-state index in [0.29, 0.717) is 6.54 Å². The van der Waals surface area contributed by atoms with Gasteiger partial charge in [0.25, 0.3) is 0 Å². The molecule has 0 N–H and O–H groups in total. The van der Waals surface area contributed by atoms with Gasteiger partial charge in [0, 0.05) is 20.6 Å². The Hall–Kier alpha value is -1.29. The zero-order valence-corrected chi connectivity index (χ0v) is 12.4. The van der Waals surface area contributed by atoms with Crippen LogP contribution in [0.3, 0.4) is 0 Å². The summed E-state index contributed by atoms with van der Waals surface area (Å²) in [6, 6.07) is 10.3. The van der Waals surface area contributed by atoms with Crippen LogP contribution in [0.4, 0.5) is 4.79 Å². The number of nitrogens with zero attached hydrogens (tertiary/aromatic N) is 2. The van der Waals surface area contributed by atoms with Gasteiger partial charge in [-0.2, -0.15) is 0 Å². The maximum Gasteiger partial charge on any atom is 0.311 e. The van der Waals surface area contributed by atoms with E-state index in [0.717, 1.165) is 0 Å². The highest BCUT2D eigenvalue weighted by Crippen LogP contribution is 2.16. The number of hydrogen-bond donors (Lipinski definition) is 0. The van der Waals surface area contributed by atoms with E-state index in [2.05, 4.69) is 31.8 Å². The number of benzene rings is 1. The van der Waals surface area contributed by atoms with Crippen LogP contribution >= 0.6 is 0 Å². The molecule has 1 rings (SSSR count). The smallest absolute Gasteiger partial charge is 0.311 e. The van der Waals surface area contributed by atoms with Gasteiger partial charge in [-0.15, -0.1) is 0 Å². The molecule has 0 aliphatic rings. The molecule has 17 heavy (non-hydrogen) atoms. The summed E-state index contributed by atoms with van der Waals surface area (Å²) in [4.78, 5) is 13.8. The van der Waals surface area contributed by atoms with Gasteiger partial charge in [-0.05, 0) is 5.56 Å². The van der Waals surface area contributed by atoms with Gasteiger partial charge in [-0.25, -0.2) is 4.79 Å². The average molecular weight is 250 g/mol. The highest BCUT2D eigenvalue weighted by atomic mass is 28.3. The van der Waals surface area contributed by atoms with Crippen LogP contribution < -0.4 is 0 Å². The van der Waals surface area contributed by atoms with Crippen molar-refractivity contribution >= 4 is 14.3 Å². The van der Waals surface area contributed by atoms with Gasteiger partial charge in [0.05, 0.1) is 0 Å². The fourth-order valence-corrected chi connectivity index (χ4v) is 3.03. The van der Waals surface area contributed by atoms with Crippen molar-refractivity contribution in [2.24, 2.45) is 0 Å². The van der Waals surface area contributed by atoms with E-state index in [9.17, 15) is 4.79 Å². The van der Waals surface area contributed by atoms with Crippen LogP contribution in [-0.4, -0.2) is 37.8 Å². The first-order valence-corrected chi connectivity index (χ1v) is 9.30. The minimum Gasteiger partial charge on any atom is -0.349 e. The van der Waals surface area contributed by atoms with E-state index in [4.69, 9.17) is 0 Å². The van der Waals surface area contributed by atoms with Gasteiger partial charge < -0.3 is 9.47 Å². The molecule has 0 aliphatic carbocycles. The van der Waals surface area contributed by atoms with Gasteiger partial charge in [-0.3, -0.25) is 0 Å². The van der Waals surface area contributed by atoms with E-state index >= 15 is 0 Å². The van der Waals surface area contributed by atoms with E-state index in [1.54, 1.807) is 19.0 Å². The third kappa shape index (κ3) is 3.89. The summed E-state index contributed by atoms with van der Waals surface area (Å²) in [5.74, 6) is 0. The molecule has 0 spiro atoms. The monoisotopic (exact) mass is 250 g/mol. The molecule has 0 atom stereocenters. The Bertz CT molecular complexity index is 371. The highest BCUT2D eigenvalue weighted by molar-refractivity contribution is 6.75. The van der Waals surface area contributed by atoms with Crippen LogP contribution in [0.2, 0.25) is 19.6 Å². The van der Waals surface area contributed by atoms with E-state index < -0.39 is 8.24 Å². The van der Waals surface area contributed by atoms with Crippen molar-refractivity contribution in [3.05, 3.63) is 35.9 Å². The topological polar surface area (TPSA) is 23.6 Å². The second-order valence-electron chi connectivity index (χ2n) is 5.42. The number of hydrogen-bond acceptors (Lipinski definition) is 1. The Morgan fingerprint density at radius 3 is 2.06 bits per heavy atom. The Morgan fingerprint density at radius 2 is 1.65 bits per heavy atom. The Morgan fingerprint density at radius 1 is 1.12 bits per heavy atom. The Balaban J connectivity index is 2.90. The van der Waals surface area contributed by atoms with Gasteiger partial charge in [0.1, 0.15) is 0 Å². The molecule has 94 valence electrons. The molecule has 0 aromatic heterocycles. The molecule has 1 aromatic rings. The maximum absolute atomic E-state index is 12.2. The number of amides is 2. The SMILES string of the molecule is CN(C)C(=O)N(Cc1ccccc1)[Si](C)(C)C. The molecule has 1 aromatic carbocycles. The van der Waals surface area contributed by atoms with Crippen molar-refractivity contribution in [2.45, 2.75) is 26.2 Å². The summed E-state index contributed by atoms with van der Waals surface area (Å²) >= 11 is 0. The lowest BCUT2D eigenvalue weighted by molar-refractivity contribution is 0.194. The van der Waals surface area contributed by atoms with Crippen LogP contribution in [0.1, 0.15) is 5.56 Å². The van der Waals surface area contributed by atoms with Crippen LogP contribution in [0.15, 0.2) is 30.3 Å². The molecular weight excluding hydrogens is 228 g/mol. The molecule has 0 saturated carbocycles. The van der Waals surface area contributed by atoms with E-state index in [1.807, 2.05) is 22.8 Å². The van der Waals surface area contributed by atoms with Gasteiger partial charge in [0.2, 0.25) is 0 Å². The number of carbonyl (C=O) groups excluding carboxylic acids is 1. The summed E-state index contributed by atoms with van der Waals surface area (Å²) in [7, 11) is 1.96. The summed E-state index contributed by atoms with van der Waals surface area (Å²) in [6.45, 7) is 7.28. The second-order valence-corrected chi connectivity index (χ2v) is 10.3. The molecule has 2 amide bonds. The molecule has 0 bridgehead atoms. The molecule has 0 saturated heterocycles. The van der Waals surface area contributed by atoms with Gasteiger partial charge >= 0.3 is 6.03 Å². The number of carbonyl (C=O) groups is 1. The highest BCUT2D eigenvalue weighted by Gasteiger charge is 2.29.